The molecule has 0 aliphatic carbocycles. The average Bonchev–Trinajstić information content (AvgIpc) is 2.45. The lowest BCUT2D eigenvalue weighted by molar-refractivity contribution is 1.47. The number of hydrogen-bond acceptors (Lipinski definition) is 2. The molecule has 2 aromatic carbocycles. The van der Waals surface area contributed by atoms with Gasteiger partial charge in [-0.1, -0.05) is 59.7 Å². The molecule has 0 saturated heterocycles. The van der Waals surface area contributed by atoms with Gasteiger partial charge in [-0.25, -0.2) is 0 Å². The first-order chi connectivity index (χ1) is 10.4. The van der Waals surface area contributed by atoms with Gasteiger partial charge in [0, 0.05) is 4.47 Å². The minimum absolute atomic E-state index is 0.798. The second-order valence-electron chi connectivity index (χ2n) is 5.82. The molecule has 110 valence electrons. The highest BCUT2D eigenvalue weighted by atomic mass is 79.9. The summed E-state index contributed by atoms with van der Waals surface area (Å²) in [5.74, 6) is 3.24. The second kappa shape index (κ2) is 7.37. The fraction of sp³-hybridized carbons (Fsp3) is 0.167. The first-order valence-electron chi connectivity index (χ1n) is 6.98. The number of benzene rings is 2. The lowest BCUT2D eigenvalue weighted by Gasteiger charge is -2.03. The van der Waals surface area contributed by atoms with E-state index in [9.17, 15) is 0 Å². The largest absolute Gasteiger partial charge is 0.187 e. The van der Waals surface area contributed by atoms with Crippen molar-refractivity contribution in [1.82, 2.24) is 0 Å². The Labute approximate surface area is 141 Å². The summed E-state index contributed by atoms with van der Waals surface area (Å²) in [6.45, 7) is 6.67. The van der Waals surface area contributed by atoms with E-state index in [1.165, 1.54) is 0 Å². The number of rotatable bonds is 2. The SMILES string of the molecule is C[Si](C)(C)C#Cc1ccccc1N=C=Nc1cccc(Br)c1. The molecule has 0 N–H and O–H groups in total. The first kappa shape index (κ1) is 16.4. The van der Waals surface area contributed by atoms with Crippen molar-refractivity contribution in [2.45, 2.75) is 19.6 Å². The standard InChI is InChI=1S/C18H17BrN2Si/c1-22(2,3)12-11-15-7-4-5-10-18(15)21-14-20-17-9-6-8-16(19)13-17/h4-10,13H,1-3H3. The topological polar surface area (TPSA) is 24.7 Å². The van der Waals surface area contributed by atoms with Gasteiger partial charge in [-0.3, -0.25) is 0 Å². The highest BCUT2D eigenvalue weighted by molar-refractivity contribution is 9.10. The molecule has 22 heavy (non-hydrogen) atoms. The molecule has 0 atom stereocenters. The van der Waals surface area contributed by atoms with Crippen molar-refractivity contribution in [1.29, 1.82) is 0 Å². The summed E-state index contributed by atoms with van der Waals surface area (Å²) in [7, 11) is -1.40. The monoisotopic (exact) mass is 368 g/mol. The van der Waals surface area contributed by atoms with Crippen LogP contribution in [0.4, 0.5) is 11.4 Å². The van der Waals surface area contributed by atoms with Gasteiger partial charge in [-0.15, -0.1) is 5.54 Å². The molecule has 0 heterocycles. The van der Waals surface area contributed by atoms with Gasteiger partial charge in [0.1, 0.15) is 14.1 Å². The van der Waals surface area contributed by atoms with Crippen LogP contribution in [0, 0.1) is 11.5 Å². The molecule has 0 fully saturated rings. The molecular weight excluding hydrogens is 352 g/mol. The summed E-state index contributed by atoms with van der Waals surface area (Å²) >= 11 is 3.42. The number of halogens is 1. The molecule has 0 aromatic heterocycles. The average molecular weight is 369 g/mol. The first-order valence-corrected chi connectivity index (χ1v) is 11.3. The third-order valence-corrected chi connectivity index (χ3v) is 4.00. The van der Waals surface area contributed by atoms with Crippen molar-refractivity contribution in [3.8, 4) is 11.5 Å². The number of aliphatic imine (C=N–C) groups is 2. The zero-order valence-corrected chi connectivity index (χ0v) is 15.5. The second-order valence-corrected chi connectivity index (χ2v) is 11.5. The minimum Gasteiger partial charge on any atom is -0.187 e. The third kappa shape index (κ3) is 5.46. The van der Waals surface area contributed by atoms with E-state index in [-0.39, 0.29) is 0 Å². The van der Waals surface area contributed by atoms with Crippen LogP contribution < -0.4 is 0 Å². The van der Waals surface area contributed by atoms with Crippen molar-refractivity contribution < 1.29 is 0 Å². The number of hydrogen-bond donors (Lipinski definition) is 0. The van der Waals surface area contributed by atoms with E-state index in [0.717, 1.165) is 21.4 Å². The lowest BCUT2D eigenvalue weighted by atomic mass is 10.2. The Kier molecular flexibility index (Phi) is 5.51. The third-order valence-electron chi connectivity index (χ3n) is 2.63. The maximum absolute atomic E-state index is 4.31. The molecule has 0 amide bonds. The van der Waals surface area contributed by atoms with Crippen LogP contribution in [0.3, 0.4) is 0 Å². The van der Waals surface area contributed by atoms with Gasteiger partial charge in [0.05, 0.1) is 16.9 Å². The van der Waals surface area contributed by atoms with Crippen molar-refractivity contribution in [3.63, 3.8) is 0 Å². The van der Waals surface area contributed by atoms with Crippen LogP contribution in [0.2, 0.25) is 19.6 Å². The maximum Gasteiger partial charge on any atom is 0.129 e. The highest BCUT2D eigenvalue weighted by Crippen LogP contribution is 2.19. The van der Waals surface area contributed by atoms with Crippen LogP contribution >= 0.6 is 15.9 Å². The van der Waals surface area contributed by atoms with Gasteiger partial charge in [-0.2, -0.15) is 9.98 Å². The van der Waals surface area contributed by atoms with E-state index in [2.05, 4.69) is 63.0 Å². The Morgan fingerprint density at radius 2 is 1.73 bits per heavy atom. The van der Waals surface area contributed by atoms with Crippen molar-refractivity contribution >= 4 is 41.4 Å². The number of para-hydroxylation sites is 1. The molecule has 0 radical (unpaired) electrons. The zero-order chi connectivity index (χ0) is 16.0. The van der Waals surface area contributed by atoms with Gasteiger partial charge in [0.25, 0.3) is 0 Å². The van der Waals surface area contributed by atoms with Crippen LogP contribution in [0.25, 0.3) is 0 Å². The van der Waals surface area contributed by atoms with Crippen LogP contribution in [0.1, 0.15) is 5.56 Å². The van der Waals surface area contributed by atoms with E-state index < -0.39 is 8.07 Å². The maximum atomic E-state index is 4.31. The Morgan fingerprint density at radius 1 is 0.955 bits per heavy atom. The molecule has 0 unspecified atom stereocenters. The van der Waals surface area contributed by atoms with Crippen molar-refractivity contribution in [3.05, 3.63) is 58.6 Å². The van der Waals surface area contributed by atoms with E-state index >= 15 is 0 Å². The van der Waals surface area contributed by atoms with Gasteiger partial charge >= 0.3 is 0 Å². The van der Waals surface area contributed by atoms with E-state index in [1.807, 2.05) is 48.5 Å². The van der Waals surface area contributed by atoms with Gasteiger partial charge in [-0.05, 0) is 30.3 Å². The van der Waals surface area contributed by atoms with Crippen LogP contribution in [0.5, 0.6) is 0 Å². The summed E-state index contributed by atoms with van der Waals surface area (Å²) in [6, 6.07) is 18.3. The fourth-order valence-corrected chi connectivity index (χ4v) is 2.51. The van der Waals surface area contributed by atoms with Crippen molar-refractivity contribution in [2.75, 3.05) is 0 Å². The highest BCUT2D eigenvalue weighted by Gasteiger charge is 2.07. The molecular formula is C18H17BrN2Si. The minimum atomic E-state index is -1.40. The molecule has 0 aliphatic heterocycles. The van der Waals surface area contributed by atoms with E-state index in [4.69, 9.17) is 0 Å². The lowest BCUT2D eigenvalue weighted by Crippen LogP contribution is -2.16. The van der Waals surface area contributed by atoms with Crippen LogP contribution in [-0.2, 0) is 0 Å². The summed E-state index contributed by atoms with van der Waals surface area (Å²) in [6.07, 6.45) is 0. The quantitative estimate of drug-likeness (QED) is 0.362. The summed E-state index contributed by atoms with van der Waals surface area (Å²) < 4.78 is 0.983. The molecule has 2 nitrogen and oxygen atoms in total. The molecule has 0 saturated carbocycles. The Bertz CT molecular complexity index is 788. The normalized spacial score (nSPS) is 10.2. The Hall–Kier alpha value is -1.92. The molecule has 4 heteroatoms. The molecule has 0 aliphatic rings. The summed E-state index contributed by atoms with van der Waals surface area (Å²) in [5, 5.41) is 0. The van der Waals surface area contributed by atoms with Gasteiger partial charge in [0.15, 0.2) is 0 Å². The van der Waals surface area contributed by atoms with Crippen LogP contribution in [-0.4, -0.2) is 14.1 Å². The number of nitrogens with zero attached hydrogens (tertiary/aromatic N) is 2. The van der Waals surface area contributed by atoms with E-state index in [0.29, 0.717) is 0 Å². The van der Waals surface area contributed by atoms with Crippen LogP contribution in [0.15, 0.2) is 63.0 Å². The van der Waals surface area contributed by atoms with Crippen molar-refractivity contribution in [2.24, 2.45) is 9.98 Å². The predicted molar refractivity (Wildman–Crippen MR) is 100.0 cm³/mol. The van der Waals surface area contributed by atoms with Gasteiger partial charge in [0.2, 0.25) is 0 Å². The smallest absolute Gasteiger partial charge is 0.129 e. The van der Waals surface area contributed by atoms with E-state index in [1.54, 1.807) is 0 Å². The van der Waals surface area contributed by atoms with Gasteiger partial charge < -0.3 is 0 Å². The molecule has 2 aromatic rings. The Morgan fingerprint density at radius 3 is 2.45 bits per heavy atom. The molecule has 2 rings (SSSR count). The predicted octanol–water partition coefficient (Wildman–Crippen LogP) is 5.82. The Balaban J connectivity index is 2.30. The summed E-state index contributed by atoms with van der Waals surface area (Å²) in [5.41, 5.74) is 5.88. The molecule has 0 bridgehead atoms. The molecule has 0 spiro atoms. The summed E-state index contributed by atoms with van der Waals surface area (Å²) in [4.78, 5) is 8.54. The zero-order valence-electron chi connectivity index (χ0n) is 12.9. The fourth-order valence-electron chi connectivity index (χ4n) is 1.61.